The molecule has 0 bridgehead atoms. The van der Waals surface area contributed by atoms with Crippen molar-refractivity contribution < 1.29 is 23.8 Å². The SMILES string of the molecule is COCCOC(=O)Nc1cccc(NC(=O)COc2cc(C(C)C)ccc2C)c1. The number of hydrogen-bond acceptors (Lipinski definition) is 5. The van der Waals surface area contributed by atoms with Gasteiger partial charge in [0.05, 0.1) is 6.61 Å². The van der Waals surface area contributed by atoms with E-state index < -0.39 is 6.09 Å². The van der Waals surface area contributed by atoms with Gasteiger partial charge >= 0.3 is 6.09 Å². The van der Waals surface area contributed by atoms with Gasteiger partial charge in [-0.15, -0.1) is 0 Å². The van der Waals surface area contributed by atoms with Gasteiger partial charge in [-0.3, -0.25) is 10.1 Å². The lowest BCUT2D eigenvalue weighted by Gasteiger charge is -2.13. The second-order valence-electron chi connectivity index (χ2n) is 6.85. The van der Waals surface area contributed by atoms with Gasteiger partial charge in [0.15, 0.2) is 6.61 Å². The Hall–Kier alpha value is -3.06. The van der Waals surface area contributed by atoms with E-state index in [1.165, 1.54) is 7.11 Å². The normalized spacial score (nSPS) is 10.5. The first kappa shape index (κ1) is 22.2. The van der Waals surface area contributed by atoms with Crippen LogP contribution in [-0.2, 0) is 14.3 Å². The van der Waals surface area contributed by atoms with Crippen LogP contribution < -0.4 is 15.4 Å². The topological polar surface area (TPSA) is 85.9 Å². The van der Waals surface area contributed by atoms with Crippen LogP contribution in [-0.4, -0.2) is 38.9 Å². The molecule has 0 saturated carbocycles. The molecule has 0 spiro atoms. The molecule has 2 aromatic carbocycles. The van der Waals surface area contributed by atoms with E-state index in [0.717, 1.165) is 11.1 Å². The average molecular weight is 400 g/mol. The predicted molar refractivity (Wildman–Crippen MR) is 113 cm³/mol. The molecule has 0 unspecified atom stereocenters. The van der Waals surface area contributed by atoms with Crippen LogP contribution in [0.5, 0.6) is 5.75 Å². The number of aryl methyl sites for hydroxylation is 1. The third-order valence-corrected chi connectivity index (χ3v) is 4.15. The van der Waals surface area contributed by atoms with Gasteiger partial charge in [-0.2, -0.15) is 0 Å². The van der Waals surface area contributed by atoms with Gasteiger partial charge in [0.25, 0.3) is 5.91 Å². The van der Waals surface area contributed by atoms with Crippen molar-refractivity contribution in [3.8, 4) is 5.75 Å². The summed E-state index contributed by atoms with van der Waals surface area (Å²) in [6, 6.07) is 12.8. The van der Waals surface area contributed by atoms with Crippen LogP contribution >= 0.6 is 0 Å². The first-order valence-corrected chi connectivity index (χ1v) is 9.45. The fourth-order valence-corrected chi connectivity index (χ4v) is 2.52. The number of amides is 2. The first-order valence-electron chi connectivity index (χ1n) is 9.45. The van der Waals surface area contributed by atoms with Crippen LogP contribution in [0.4, 0.5) is 16.2 Å². The minimum Gasteiger partial charge on any atom is -0.483 e. The molecule has 156 valence electrons. The highest BCUT2D eigenvalue weighted by Crippen LogP contribution is 2.24. The molecule has 0 atom stereocenters. The Bertz CT molecular complexity index is 836. The maximum atomic E-state index is 12.3. The van der Waals surface area contributed by atoms with Crippen molar-refractivity contribution in [1.82, 2.24) is 0 Å². The molecule has 7 heteroatoms. The fourth-order valence-electron chi connectivity index (χ4n) is 2.52. The van der Waals surface area contributed by atoms with Crippen molar-refractivity contribution in [3.05, 3.63) is 53.6 Å². The minimum absolute atomic E-state index is 0.112. The highest BCUT2D eigenvalue weighted by atomic mass is 16.6. The molecule has 0 aromatic heterocycles. The number of carbonyl (C=O) groups excluding carboxylic acids is 2. The Morgan fingerprint density at radius 3 is 2.41 bits per heavy atom. The Labute approximate surface area is 171 Å². The summed E-state index contributed by atoms with van der Waals surface area (Å²) in [5.41, 5.74) is 3.18. The molecule has 7 nitrogen and oxygen atoms in total. The van der Waals surface area contributed by atoms with E-state index in [1.807, 2.05) is 19.1 Å². The number of benzene rings is 2. The quantitative estimate of drug-likeness (QED) is 0.612. The molecular formula is C22H28N2O5. The van der Waals surface area contributed by atoms with Crippen molar-refractivity contribution in [2.75, 3.05) is 37.6 Å². The number of anilines is 2. The summed E-state index contributed by atoms with van der Waals surface area (Å²) in [7, 11) is 1.53. The molecule has 0 saturated heterocycles. The zero-order valence-corrected chi connectivity index (χ0v) is 17.3. The molecular weight excluding hydrogens is 372 g/mol. The lowest BCUT2D eigenvalue weighted by atomic mass is 10.0. The fraction of sp³-hybridized carbons (Fsp3) is 0.364. The van der Waals surface area contributed by atoms with Crippen LogP contribution in [0.2, 0.25) is 0 Å². The standard InChI is InChI=1S/C22H28N2O5/c1-15(2)17-9-8-16(3)20(12-17)29-14-21(25)23-18-6-5-7-19(13-18)24-22(26)28-11-10-27-4/h5-9,12-13,15H,10-11,14H2,1-4H3,(H,23,25)(H,24,26). The monoisotopic (exact) mass is 400 g/mol. The molecule has 0 aliphatic carbocycles. The highest BCUT2D eigenvalue weighted by molar-refractivity contribution is 5.93. The van der Waals surface area contributed by atoms with Crippen molar-refractivity contribution in [3.63, 3.8) is 0 Å². The van der Waals surface area contributed by atoms with Crippen LogP contribution in [0.1, 0.15) is 30.9 Å². The van der Waals surface area contributed by atoms with E-state index >= 15 is 0 Å². The average Bonchev–Trinajstić information content (AvgIpc) is 2.67. The molecule has 0 aliphatic heterocycles. The summed E-state index contributed by atoms with van der Waals surface area (Å²) in [6.45, 7) is 6.53. The molecule has 29 heavy (non-hydrogen) atoms. The Morgan fingerprint density at radius 1 is 1.00 bits per heavy atom. The number of rotatable bonds is 9. The number of nitrogens with one attached hydrogen (secondary N) is 2. The summed E-state index contributed by atoms with van der Waals surface area (Å²) < 4.78 is 15.5. The summed E-state index contributed by atoms with van der Waals surface area (Å²) in [5, 5.41) is 5.36. The second-order valence-corrected chi connectivity index (χ2v) is 6.85. The smallest absolute Gasteiger partial charge is 0.411 e. The van der Waals surface area contributed by atoms with Gasteiger partial charge in [-0.1, -0.05) is 32.0 Å². The summed E-state index contributed by atoms with van der Waals surface area (Å²) in [6.07, 6.45) is -0.589. The zero-order chi connectivity index (χ0) is 21.2. The number of ether oxygens (including phenoxy) is 3. The van der Waals surface area contributed by atoms with Gasteiger partial charge in [-0.05, 0) is 48.2 Å². The van der Waals surface area contributed by atoms with Gasteiger partial charge in [0, 0.05) is 18.5 Å². The van der Waals surface area contributed by atoms with Crippen LogP contribution in [0.15, 0.2) is 42.5 Å². The third-order valence-electron chi connectivity index (χ3n) is 4.15. The predicted octanol–water partition coefficient (Wildman–Crippen LogP) is 4.33. The number of methoxy groups -OCH3 is 1. The molecule has 2 N–H and O–H groups in total. The van der Waals surface area contributed by atoms with E-state index in [9.17, 15) is 9.59 Å². The van der Waals surface area contributed by atoms with E-state index in [2.05, 4.69) is 30.5 Å². The Kier molecular flexibility index (Phi) is 8.48. The molecule has 0 radical (unpaired) electrons. The lowest BCUT2D eigenvalue weighted by Crippen LogP contribution is -2.21. The Morgan fingerprint density at radius 2 is 1.72 bits per heavy atom. The minimum atomic E-state index is -0.589. The van der Waals surface area contributed by atoms with E-state index in [4.69, 9.17) is 14.2 Å². The third kappa shape index (κ3) is 7.46. The van der Waals surface area contributed by atoms with Gasteiger partial charge in [0.2, 0.25) is 0 Å². The van der Waals surface area contributed by atoms with Crippen LogP contribution in [0.3, 0.4) is 0 Å². The van der Waals surface area contributed by atoms with E-state index in [-0.39, 0.29) is 19.1 Å². The summed E-state index contributed by atoms with van der Waals surface area (Å²) in [5.74, 6) is 0.781. The van der Waals surface area contributed by atoms with E-state index in [0.29, 0.717) is 29.6 Å². The summed E-state index contributed by atoms with van der Waals surface area (Å²) in [4.78, 5) is 24.0. The maximum absolute atomic E-state index is 12.3. The van der Waals surface area contributed by atoms with Crippen LogP contribution in [0, 0.1) is 6.92 Å². The van der Waals surface area contributed by atoms with Crippen molar-refractivity contribution in [1.29, 1.82) is 0 Å². The first-order chi connectivity index (χ1) is 13.9. The number of carbonyl (C=O) groups is 2. The molecule has 2 amide bonds. The largest absolute Gasteiger partial charge is 0.483 e. The molecule has 0 aliphatic rings. The van der Waals surface area contributed by atoms with Crippen LogP contribution in [0.25, 0.3) is 0 Å². The molecule has 2 rings (SSSR count). The number of hydrogen-bond donors (Lipinski definition) is 2. The van der Waals surface area contributed by atoms with Crippen molar-refractivity contribution in [2.24, 2.45) is 0 Å². The van der Waals surface area contributed by atoms with Gasteiger partial charge < -0.3 is 19.5 Å². The molecule has 2 aromatic rings. The van der Waals surface area contributed by atoms with E-state index in [1.54, 1.807) is 24.3 Å². The zero-order valence-electron chi connectivity index (χ0n) is 17.3. The lowest BCUT2D eigenvalue weighted by molar-refractivity contribution is -0.118. The second kappa shape index (κ2) is 11.1. The van der Waals surface area contributed by atoms with Gasteiger partial charge in [0.1, 0.15) is 12.4 Å². The maximum Gasteiger partial charge on any atom is 0.411 e. The molecule has 0 fully saturated rings. The molecule has 0 heterocycles. The summed E-state index contributed by atoms with van der Waals surface area (Å²) >= 11 is 0. The van der Waals surface area contributed by atoms with Crippen molar-refractivity contribution >= 4 is 23.4 Å². The van der Waals surface area contributed by atoms with Crippen molar-refractivity contribution in [2.45, 2.75) is 26.7 Å². The highest BCUT2D eigenvalue weighted by Gasteiger charge is 2.09. The Balaban J connectivity index is 1.89. The van der Waals surface area contributed by atoms with Gasteiger partial charge in [-0.25, -0.2) is 4.79 Å².